The number of carboxylic acids is 1. The highest BCUT2D eigenvalue weighted by atomic mass is 16.4. The molecule has 2 N–H and O–H groups in total. The van der Waals surface area contributed by atoms with Gasteiger partial charge in [0.25, 0.3) is 0 Å². The number of carbonyl (C=O) groups is 1. The fourth-order valence-electron chi connectivity index (χ4n) is 1.56. The molecule has 0 saturated carbocycles. The molecule has 1 aromatic rings. The standard InChI is InChI=1S/C10H16N2O3/c1-4-5-7-11-8(6(2)13)9(10(14)15)12(7)3/h6,13H,4-5H2,1-3H3,(H,14,15). The van der Waals surface area contributed by atoms with Crippen LogP contribution in [0.25, 0.3) is 0 Å². The van der Waals surface area contributed by atoms with Crippen molar-refractivity contribution in [2.75, 3.05) is 0 Å². The predicted molar refractivity (Wildman–Crippen MR) is 54.8 cm³/mol. The van der Waals surface area contributed by atoms with Crippen LogP contribution in [-0.4, -0.2) is 25.7 Å². The van der Waals surface area contributed by atoms with E-state index in [4.69, 9.17) is 5.11 Å². The first-order chi connectivity index (χ1) is 6.99. The monoisotopic (exact) mass is 212 g/mol. The predicted octanol–water partition coefficient (Wildman–Crippen LogP) is 1.12. The fourth-order valence-corrected chi connectivity index (χ4v) is 1.56. The summed E-state index contributed by atoms with van der Waals surface area (Å²) in [5, 5.41) is 18.4. The lowest BCUT2D eigenvalue weighted by atomic mass is 10.2. The van der Waals surface area contributed by atoms with Crippen molar-refractivity contribution in [3.8, 4) is 0 Å². The van der Waals surface area contributed by atoms with Crippen LogP contribution in [0.2, 0.25) is 0 Å². The van der Waals surface area contributed by atoms with E-state index in [1.807, 2.05) is 6.92 Å². The van der Waals surface area contributed by atoms with Gasteiger partial charge in [-0.15, -0.1) is 0 Å². The van der Waals surface area contributed by atoms with Gasteiger partial charge < -0.3 is 14.8 Å². The van der Waals surface area contributed by atoms with Crippen molar-refractivity contribution in [3.05, 3.63) is 17.2 Å². The molecule has 15 heavy (non-hydrogen) atoms. The number of aryl methyl sites for hydroxylation is 1. The number of nitrogens with zero attached hydrogens (tertiary/aromatic N) is 2. The third-order valence-corrected chi connectivity index (χ3v) is 2.29. The Balaban J connectivity index is 3.26. The van der Waals surface area contributed by atoms with Gasteiger partial charge in [-0.25, -0.2) is 9.78 Å². The van der Waals surface area contributed by atoms with Crippen LogP contribution >= 0.6 is 0 Å². The molecule has 0 aromatic carbocycles. The topological polar surface area (TPSA) is 75.3 Å². The lowest BCUT2D eigenvalue weighted by molar-refractivity contribution is 0.0678. The van der Waals surface area contributed by atoms with Crippen molar-refractivity contribution in [2.45, 2.75) is 32.8 Å². The van der Waals surface area contributed by atoms with Gasteiger partial charge in [0.1, 0.15) is 11.5 Å². The van der Waals surface area contributed by atoms with E-state index in [2.05, 4.69) is 4.98 Å². The average Bonchev–Trinajstić information content (AvgIpc) is 2.44. The van der Waals surface area contributed by atoms with E-state index in [1.165, 1.54) is 11.5 Å². The van der Waals surface area contributed by atoms with Crippen molar-refractivity contribution in [1.82, 2.24) is 9.55 Å². The molecule has 0 radical (unpaired) electrons. The van der Waals surface area contributed by atoms with Crippen LogP contribution < -0.4 is 0 Å². The Morgan fingerprint density at radius 1 is 1.60 bits per heavy atom. The van der Waals surface area contributed by atoms with Crippen molar-refractivity contribution >= 4 is 5.97 Å². The molecule has 5 heteroatoms. The van der Waals surface area contributed by atoms with Gasteiger partial charge in [-0.2, -0.15) is 0 Å². The minimum absolute atomic E-state index is 0.0773. The molecule has 0 aliphatic rings. The number of aliphatic hydroxyl groups excluding tert-OH is 1. The highest BCUT2D eigenvalue weighted by Gasteiger charge is 2.22. The second-order valence-corrected chi connectivity index (χ2v) is 3.55. The first-order valence-electron chi connectivity index (χ1n) is 4.95. The molecule has 1 aromatic heterocycles. The van der Waals surface area contributed by atoms with Crippen molar-refractivity contribution in [1.29, 1.82) is 0 Å². The summed E-state index contributed by atoms with van der Waals surface area (Å²) in [6.07, 6.45) is 0.750. The van der Waals surface area contributed by atoms with Gasteiger partial charge in [-0.3, -0.25) is 0 Å². The number of rotatable bonds is 4. The lowest BCUT2D eigenvalue weighted by Gasteiger charge is -2.03. The van der Waals surface area contributed by atoms with Crippen LogP contribution in [-0.2, 0) is 13.5 Å². The van der Waals surface area contributed by atoms with Crippen LogP contribution in [0.5, 0.6) is 0 Å². The van der Waals surface area contributed by atoms with Gasteiger partial charge >= 0.3 is 5.97 Å². The molecule has 5 nitrogen and oxygen atoms in total. The number of imidazole rings is 1. The van der Waals surface area contributed by atoms with Gasteiger partial charge in [0, 0.05) is 13.5 Å². The zero-order valence-corrected chi connectivity index (χ0v) is 9.19. The minimum atomic E-state index is -1.05. The van der Waals surface area contributed by atoms with E-state index < -0.39 is 12.1 Å². The maximum atomic E-state index is 11.0. The zero-order valence-electron chi connectivity index (χ0n) is 9.19. The largest absolute Gasteiger partial charge is 0.477 e. The van der Waals surface area contributed by atoms with Crippen LogP contribution in [0, 0.1) is 0 Å². The number of carboxylic acid groups (broad SMARTS) is 1. The van der Waals surface area contributed by atoms with Crippen LogP contribution in [0.1, 0.15) is 48.4 Å². The van der Waals surface area contributed by atoms with Crippen molar-refractivity contribution < 1.29 is 15.0 Å². The van der Waals surface area contributed by atoms with E-state index in [9.17, 15) is 9.90 Å². The molecule has 1 heterocycles. The SMILES string of the molecule is CCCc1nc(C(C)O)c(C(=O)O)n1C. The summed E-state index contributed by atoms with van der Waals surface area (Å²) in [4.78, 5) is 15.1. The first-order valence-corrected chi connectivity index (χ1v) is 4.95. The summed E-state index contributed by atoms with van der Waals surface area (Å²) >= 11 is 0. The molecule has 0 aliphatic heterocycles. The number of hydrogen-bond donors (Lipinski definition) is 2. The second-order valence-electron chi connectivity index (χ2n) is 3.55. The van der Waals surface area contributed by atoms with Crippen molar-refractivity contribution in [2.24, 2.45) is 7.05 Å². The summed E-state index contributed by atoms with van der Waals surface area (Å²) in [5.41, 5.74) is 0.321. The smallest absolute Gasteiger partial charge is 0.354 e. The summed E-state index contributed by atoms with van der Waals surface area (Å²) < 4.78 is 1.54. The van der Waals surface area contributed by atoms with Gasteiger partial charge in [0.2, 0.25) is 0 Å². The zero-order chi connectivity index (χ0) is 11.6. The quantitative estimate of drug-likeness (QED) is 0.784. The number of aliphatic hydroxyl groups is 1. The van der Waals surface area contributed by atoms with Crippen molar-refractivity contribution in [3.63, 3.8) is 0 Å². The molecule has 0 amide bonds. The molecule has 0 bridgehead atoms. The van der Waals surface area contributed by atoms with Gasteiger partial charge in [0.05, 0.1) is 6.10 Å². The minimum Gasteiger partial charge on any atom is -0.477 e. The normalized spacial score (nSPS) is 12.8. The van der Waals surface area contributed by atoms with Crippen LogP contribution in [0.3, 0.4) is 0 Å². The van der Waals surface area contributed by atoms with E-state index >= 15 is 0 Å². The summed E-state index contributed by atoms with van der Waals surface area (Å²) in [5.74, 6) is -0.353. The molecule has 0 aliphatic carbocycles. The van der Waals surface area contributed by atoms with Crippen LogP contribution in [0.4, 0.5) is 0 Å². The third-order valence-electron chi connectivity index (χ3n) is 2.29. The average molecular weight is 212 g/mol. The van der Waals surface area contributed by atoms with E-state index in [1.54, 1.807) is 7.05 Å². The van der Waals surface area contributed by atoms with E-state index in [0.29, 0.717) is 12.2 Å². The molecule has 0 saturated heterocycles. The summed E-state index contributed by atoms with van der Waals surface area (Å²) in [7, 11) is 1.66. The number of aromatic nitrogens is 2. The van der Waals surface area contributed by atoms with Gasteiger partial charge in [-0.1, -0.05) is 6.92 Å². The molecule has 84 valence electrons. The van der Waals surface area contributed by atoms with E-state index in [0.717, 1.165) is 6.42 Å². The van der Waals surface area contributed by atoms with Gasteiger partial charge in [0.15, 0.2) is 5.69 Å². The first kappa shape index (κ1) is 11.7. The highest BCUT2D eigenvalue weighted by Crippen LogP contribution is 2.18. The molecule has 1 rings (SSSR count). The summed E-state index contributed by atoms with van der Waals surface area (Å²) in [6, 6.07) is 0. The lowest BCUT2D eigenvalue weighted by Crippen LogP contribution is -2.10. The number of hydrogen-bond acceptors (Lipinski definition) is 3. The van der Waals surface area contributed by atoms with Gasteiger partial charge in [-0.05, 0) is 13.3 Å². The molecule has 1 unspecified atom stereocenters. The number of aromatic carboxylic acids is 1. The Morgan fingerprint density at radius 2 is 2.20 bits per heavy atom. The third kappa shape index (κ3) is 2.18. The molecule has 0 fully saturated rings. The maximum absolute atomic E-state index is 11.0. The Hall–Kier alpha value is -1.36. The molecule has 0 spiro atoms. The van der Waals surface area contributed by atoms with E-state index in [-0.39, 0.29) is 11.4 Å². The fraction of sp³-hybridized carbons (Fsp3) is 0.600. The maximum Gasteiger partial charge on any atom is 0.354 e. The Bertz CT molecular complexity index is 369. The highest BCUT2D eigenvalue weighted by molar-refractivity contribution is 5.87. The Morgan fingerprint density at radius 3 is 2.53 bits per heavy atom. The molecule has 1 atom stereocenters. The molecular weight excluding hydrogens is 196 g/mol. The van der Waals surface area contributed by atoms with Crippen LogP contribution in [0.15, 0.2) is 0 Å². The summed E-state index contributed by atoms with van der Waals surface area (Å²) in [6.45, 7) is 3.52. The second kappa shape index (κ2) is 4.44. The Kier molecular flexibility index (Phi) is 3.47. The Labute approximate surface area is 88.4 Å². The molecular formula is C10H16N2O3.